The molecule has 0 spiro atoms. The van der Waals surface area contributed by atoms with Crippen LogP contribution in [0.15, 0.2) is 77.7 Å². The van der Waals surface area contributed by atoms with Crippen LogP contribution in [-0.2, 0) is 6.54 Å². The number of rotatable bonds is 4. The first-order valence-electron chi connectivity index (χ1n) is 9.47. The zero-order valence-electron chi connectivity index (χ0n) is 16.3. The topological polar surface area (TPSA) is 71.3 Å². The number of benzene rings is 3. The van der Waals surface area contributed by atoms with E-state index in [0.29, 0.717) is 22.0 Å². The van der Waals surface area contributed by atoms with Crippen molar-refractivity contribution in [2.45, 2.75) is 26.0 Å². The number of nitrogens with zero attached hydrogens (tertiary/aromatic N) is 1. The second-order valence-electron chi connectivity index (χ2n) is 7.81. The van der Waals surface area contributed by atoms with Gasteiger partial charge in [-0.15, -0.1) is 0 Å². The minimum atomic E-state index is -1.00. The van der Waals surface area contributed by atoms with Crippen LogP contribution in [0.4, 0.5) is 5.69 Å². The van der Waals surface area contributed by atoms with Crippen LogP contribution in [0.25, 0.3) is 21.5 Å². The molecular formula is C24H22N2O3. The van der Waals surface area contributed by atoms with Gasteiger partial charge in [0.15, 0.2) is 0 Å². The summed E-state index contributed by atoms with van der Waals surface area (Å²) in [5, 5.41) is 16.0. The van der Waals surface area contributed by atoms with Gasteiger partial charge in [0.05, 0.1) is 12.1 Å². The third-order valence-corrected chi connectivity index (χ3v) is 4.86. The summed E-state index contributed by atoms with van der Waals surface area (Å²) < 4.78 is 1.48. The summed E-state index contributed by atoms with van der Waals surface area (Å²) in [5.41, 5.74) is -0.0492. The van der Waals surface area contributed by atoms with Crippen molar-refractivity contribution in [3.05, 3.63) is 88.8 Å². The Bertz CT molecular complexity index is 1280. The van der Waals surface area contributed by atoms with E-state index < -0.39 is 5.60 Å². The molecular weight excluding hydrogens is 364 g/mol. The van der Waals surface area contributed by atoms with Crippen LogP contribution in [-0.4, -0.2) is 21.2 Å². The predicted molar refractivity (Wildman–Crippen MR) is 116 cm³/mol. The lowest BCUT2D eigenvalue weighted by Gasteiger charge is -2.19. The molecule has 2 N–H and O–H groups in total. The van der Waals surface area contributed by atoms with E-state index in [2.05, 4.69) is 5.32 Å². The zero-order chi connectivity index (χ0) is 20.6. The lowest BCUT2D eigenvalue weighted by molar-refractivity contribution is 0.0606. The first-order valence-corrected chi connectivity index (χ1v) is 9.47. The van der Waals surface area contributed by atoms with Gasteiger partial charge < -0.3 is 15.0 Å². The standard InChI is InChI=1S/C24H22N2O3/c1-24(2,29)15-26-14-13-18-20(23(26)28)11-6-12-21(18)25-22(27)19-10-5-8-16-7-3-4-9-17(16)19/h3-14,29H,15H2,1-2H3,(H,25,27). The molecule has 4 aromatic rings. The van der Waals surface area contributed by atoms with Crippen molar-refractivity contribution >= 4 is 33.1 Å². The van der Waals surface area contributed by atoms with E-state index in [1.54, 1.807) is 50.4 Å². The quantitative estimate of drug-likeness (QED) is 0.553. The third kappa shape index (κ3) is 3.77. The van der Waals surface area contributed by atoms with Gasteiger partial charge in [-0.2, -0.15) is 0 Å². The summed E-state index contributed by atoms with van der Waals surface area (Å²) in [6, 6.07) is 20.4. The average Bonchev–Trinajstić information content (AvgIpc) is 2.69. The second kappa shape index (κ2) is 7.18. The summed E-state index contributed by atoms with van der Waals surface area (Å²) in [6.07, 6.45) is 1.65. The molecule has 0 radical (unpaired) electrons. The number of aliphatic hydroxyl groups is 1. The highest BCUT2D eigenvalue weighted by atomic mass is 16.3. The highest BCUT2D eigenvalue weighted by molar-refractivity contribution is 6.15. The van der Waals surface area contributed by atoms with E-state index in [1.165, 1.54) is 4.57 Å². The fourth-order valence-electron chi connectivity index (χ4n) is 3.58. The van der Waals surface area contributed by atoms with Crippen LogP contribution in [0.2, 0.25) is 0 Å². The lowest BCUT2D eigenvalue weighted by Crippen LogP contribution is -2.32. The Labute approximate surface area is 168 Å². The number of fused-ring (bicyclic) bond motifs is 2. The fourth-order valence-corrected chi connectivity index (χ4v) is 3.58. The van der Waals surface area contributed by atoms with Gasteiger partial charge in [0.2, 0.25) is 0 Å². The van der Waals surface area contributed by atoms with Crippen LogP contribution >= 0.6 is 0 Å². The van der Waals surface area contributed by atoms with Crippen molar-refractivity contribution < 1.29 is 9.90 Å². The summed E-state index contributed by atoms with van der Waals surface area (Å²) in [4.78, 5) is 25.8. The maximum Gasteiger partial charge on any atom is 0.258 e. The molecule has 0 fully saturated rings. The van der Waals surface area contributed by atoms with E-state index in [0.717, 1.165) is 10.8 Å². The average molecular weight is 386 g/mol. The highest BCUT2D eigenvalue weighted by Crippen LogP contribution is 2.24. The maximum atomic E-state index is 13.0. The van der Waals surface area contributed by atoms with Gasteiger partial charge >= 0.3 is 0 Å². The van der Waals surface area contributed by atoms with Crippen molar-refractivity contribution in [1.82, 2.24) is 4.57 Å². The van der Waals surface area contributed by atoms with Crippen molar-refractivity contribution in [3.8, 4) is 0 Å². The van der Waals surface area contributed by atoms with Gasteiger partial charge in [0.1, 0.15) is 0 Å². The van der Waals surface area contributed by atoms with Crippen LogP contribution in [0.5, 0.6) is 0 Å². The molecule has 0 aliphatic rings. The number of carbonyl (C=O) groups excluding carboxylic acids is 1. The summed E-state index contributed by atoms with van der Waals surface area (Å²) >= 11 is 0. The molecule has 0 saturated carbocycles. The lowest BCUT2D eigenvalue weighted by atomic mass is 10.0. The SMILES string of the molecule is CC(C)(O)Cn1ccc2c(NC(=O)c3cccc4ccccc34)cccc2c1=O. The van der Waals surface area contributed by atoms with Crippen molar-refractivity contribution in [1.29, 1.82) is 0 Å². The van der Waals surface area contributed by atoms with E-state index >= 15 is 0 Å². The van der Waals surface area contributed by atoms with Crippen LogP contribution < -0.4 is 10.9 Å². The number of carbonyl (C=O) groups is 1. The van der Waals surface area contributed by atoms with Crippen molar-refractivity contribution in [3.63, 3.8) is 0 Å². The molecule has 1 aromatic heterocycles. The van der Waals surface area contributed by atoms with Gasteiger partial charge in [-0.3, -0.25) is 9.59 Å². The predicted octanol–water partition coefficient (Wildman–Crippen LogP) is 4.18. The first-order chi connectivity index (χ1) is 13.8. The number of hydrogen-bond acceptors (Lipinski definition) is 3. The highest BCUT2D eigenvalue weighted by Gasteiger charge is 2.16. The number of amides is 1. The van der Waals surface area contributed by atoms with E-state index in [1.807, 2.05) is 36.4 Å². The smallest absolute Gasteiger partial charge is 0.258 e. The van der Waals surface area contributed by atoms with E-state index in [4.69, 9.17) is 0 Å². The molecule has 5 heteroatoms. The number of anilines is 1. The molecule has 0 bridgehead atoms. The minimum absolute atomic E-state index is 0.189. The normalized spacial score (nSPS) is 11.7. The molecule has 0 atom stereocenters. The van der Waals surface area contributed by atoms with Gasteiger partial charge in [0, 0.05) is 28.2 Å². The summed E-state index contributed by atoms with van der Waals surface area (Å²) in [6.45, 7) is 3.50. The number of nitrogens with one attached hydrogen (secondary N) is 1. The summed E-state index contributed by atoms with van der Waals surface area (Å²) in [7, 11) is 0. The van der Waals surface area contributed by atoms with E-state index in [-0.39, 0.29) is 18.0 Å². The first kappa shape index (κ1) is 18.9. The Kier molecular flexibility index (Phi) is 4.68. The fraction of sp³-hybridized carbons (Fsp3) is 0.167. The molecule has 1 amide bonds. The molecule has 4 rings (SSSR count). The number of hydrogen-bond donors (Lipinski definition) is 2. The van der Waals surface area contributed by atoms with Crippen LogP contribution in [0, 0.1) is 0 Å². The van der Waals surface area contributed by atoms with Gasteiger partial charge in [-0.25, -0.2) is 0 Å². The Morgan fingerprint density at radius 3 is 2.41 bits per heavy atom. The van der Waals surface area contributed by atoms with Crippen molar-refractivity contribution in [2.24, 2.45) is 0 Å². The second-order valence-corrected chi connectivity index (χ2v) is 7.81. The molecule has 29 heavy (non-hydrogen) atoms. The van der Waals surface area contributed by atoms with Gasteiger partial charge in [-0.05, 0) is 48.9 Å². The number of pyridine rings is 1. The molecule has 0 saturated heterocycles. The Balaban J connectivity index is 1.74. The maximum absolute atomic E-state index is 13.0. The molecule has 0 aliphatic carbocycles. The summed E-state index contributed by atoms with van der Waals surface area (Å²) in [5.74, 6) is -0.227. The van der Waals surface area contributed by atoms with Crippen LogP contribution in [0.3, 0.4) is 0 Å². The number of aromatic nitrogens is 1. The largest absolute Gasteiger partial charge is 0.389 e. The Morgan fingerprint density at radius 1 is 0.931 bits per heavy atom. The molecule has 3 aromatic carbocycles. The molecule has 5 nitrogen and oxygen atoms in total. The van der Waals surface area contributed by atoms with Gasteiger partial charge in [-0.1, -0.05) is 42.5 Å². The molecule has 146 valence electrons. The van der Waals surface area contributed by atoms with Crippen molar-refractivity contribution in [2.75, 3.05) is 5.32 Å². The molecule has 1 heterocycles. The molecule has 0 aliphatic heterocycles. The van der Waals surface area contributed by atoms with Gasteiger partial charge in [0.25, 0.3) is 11.5 Å². The van der Waals surface area contributed by atoms with Crippen LogP contribution in [0.1, 0.15) is 24.2 Å². The minimum Gasteiger partial charge on any atom is -0.389 e. The Morgan fingerprint density at radius 2 is 1.62 bits per heavy atom. The monoisotopic (exact) mass is 386 g/mol. The third-order valence-electron chi connectivity index (χ3n) is 4.86. The Hall–Kier alpha value is -3.44. The molecule has 0 unspecified atom stereocenters. The zero-order valence-corrected chi connectivity index (χ0v) is 16.3. The van der Waals surface area contributed by atoms with E-state index in [9.17, 15) is 14.7 Å².